The van der Waals surface area contributed by atoms with Gasteiger partial charge in [0.1, 0.15) is 24.3 Å². The lowest BCUT2D eigenvalue weighted by atomic mass is 9.94. The Hall–Kier alpha value is -4.71. The minimum atomic E-state index is -4.55. The number of alkyl carbamates (subject to hydrolysis) is 1. The van der Waals surface area contributed by atoms with E-state index < -0.39 is 53.4 Å². The summed E-state index contributed by atoms with van der Waals surface area (Å²) in [5.41, 5.74) is -0.0833. The van der Waals surface area contributed by atoms with Gasteiger partial charge in [0.15, 0.2) is 5.78 Å². The number of benzene rings is 3. The van der Waals surface area contributed by atoms with Gasteiger partial charge in [-0.15, -0.1) is 0 Å². The van der Waals surface area contributed by atoms with Crippen LogP contribution in [0.5, 0.6) is 0 Å². The summed E-state index contributed by atoms with van der Waals surface area (Å²) in [4.78, 5) is 52.4. The second-order valence-corrected chi connectivity index (χ2v) is 11.0. The topological polar surface area (TPSA) is 126 Å². The van der Waals surface area contributed by atoms with E-state index in [0.717, 1.165) is 23.3 Å². The fourth-order valence-corrected chi connectivity index (χ4v) is 4.53. The number of carbonyl (C=O) groups excluding carboxylic acids is 4. The molecule has 4 unspecified atom stereocenters. The van der Waals surface area contributed by atoms with Crippen LogP contribution in [0.4, 0.5) is 18.0 Å². The van der Waals surface area contributed by atoms with E-state index in [1.165, 1.54) is 19.1 Å². The van der Waals surface area contributed by atoms with E-state index in [-0.39, 0.29) is 31.8 Å². The Labute approximate surface area is 258 Å². The number of hydrogen-bond acceptors (Lipinski definition) is 6. The average molecular weight is 626 g/mol. The van der Waals surface area contributed by atoms with Gasteiger partial charge in [-0.1, -0.05) is 72.8 Å². The van der Waals surface area contributed by atoms with Gasteiger partial charge in [-0.3, -0.25) is 14.4 Å². The van der Waals surface area contributed by atoms with E-state index in [0.29, 0.717) is 5.56 Å². The van der Waals surface area contributed by atoms with Crippen LogP contribution in [0.15, 0.2) is 84.9 Å². The van der Waals surface area contributed by atoms with E-state index in [9.17, 15) is 32.3 Å². The van der Waals surface area contributed by atoms with Crippen molar-refractivity contribution in [3.8, 4) is 0 Å². The highest BCUT2D eigenvalue weighted by atomic mass is 19.4. The summed E-state index contributed by atoms with van der Waals surface area (Å²) in [5, 5.41) is 7.68. The third-order valence-corrected chi connectivity index (χ3v) is 7.31. The van der Waals surface area contributed by atoms with Crippen molar-refractivity contribution in [3.63, 3.8) is 0 Å². The summed E-state index contributed by atoms with van der Waals surface area (Å²) in [6.07, 6.45) is -5.46. The highest BCUT2D eigenvalue weighted by Crippen LogP contribution is 2.30. The van der Waals surface area contributed by atoms with Crippen molar-refractivity contribution in [1.82, 2.24) is 16.0 Å². The molecule has 3 N–H and O–H groups in total. The number of rotatable bonds is 13. The highest BCUT2D eigenvalue weighted by molar-refractivity contribution is 5.98. The Bertz CT molecular complexity index is 1480. The Morgan fingerprint density at radius 1 is 0.778 bits per heavy atom. The quantitative estimate of drug-likeness (QED) is 0.245. The number of ether oxygens (including phenoxy) is 2. The van der Waals surface area contributed by atoms with Crippen LogP contribution < -0.4 is 16.0 Å². The number of hydrogen-bond donors (Lipinski definition) is 3. The first-order valence-electron chi connectivity index (χ1n) is 14.3. The van der Waals surface area contributed by atoms with Gasteiger partial charge in [-0.05, 0) is 49.1 Å². The fraction of sp³-hybridized carbons (Fsp3) is 0.333. The van der Waals surface area contributed by atoms with E-state index in [4.69, 9.17) is 9.47 Å². The summed E-state index contributed by atoms with van der Waals surface area (Å²) in [6.45, 7) is 3.17. The first kappa shape index (κ1) is 33.2. The second kappa shape index (κ2) is 14.4. The van der Waals surface area contributed by atoms with Crippen LogP contribution in [-0.4, -0.2) is 54.0 Å². The van der Waals surface area contributed by atoms with Crippen LogP contribution in [0.25, 0.3) is 0 Å². The lowest BCUT2D eigenvalue weighted by molar-refractivity contribution is -0.137. The Morgan fingerprint density at radius 2 is 1.29 bits per heavy atom. The van der Waals surface area contributed by atoms with Gasteiger partial charge in [0.25, 0.3) is 0 Å². The zero-order valence-corrected chi connectivity index (χ0v) is 24.7. The number of halogens is 3. The lowest BCUT2D eigenvalue weighted by Gasteiger charge is -2.25. The second-order valence-electron chi connectivity index (χ2n) is 11.0. The molecule has 12 heteroatoms. The number of amides is 3. The molecule has 1 heterocycles. The molecule has 0 spiro atoms. The molecule has 0 bridgehead atoms. The molecule has 3 aromatic carbocycles. The summed E-state index contributed by atoms with van der Waals surface area (Å²) in [5.74, 6) is -1.83. The Kier molecular flexibility index (Phi) is 10.6. The van der Waals surface area contributed by atoms with Crippen molar-refractivity contribution in [3.05, 3.63) is 107 Å². The van der Waals surface area contributed by atoms with Crippen LogP contribution in [-0.2, 0) is 49.5 Å². The number of alkyl halides is 3. The van der Waals surface area contributed by atoms with E-state index in [1.54, 1.807) is 55.5 Å². The molecule has 1 saturated heterocycles. The molecule has 45 heavy (non-hydrogen) atoms. The summed E-state index contributed by atoms with van der Waals surface area (Å²) in [6, 6.07) is 18.6. The van der Waals surface area contributed by atoms with Gasteiger partial charge in [0, 0.05) is 6.42 Å². The van der Waals surface area contributed by atoms with Crippen LogP contribution in [0, 0.1) is 0 Å². The zero-order valence-electron chi connectivity index (χ0n) is 24.7. The number of ketones is 1. The van der Waals surface area contributed by atoms with Crippen molar-refractivity contribution in [1.29, 1.82) is 0 Å². The third kappa shape index (κ3) is 9.64. The Balaban J connectivity index is 1.48. The molecule has 0 saturated carbocycles. The monoisotopic (exact) mass is 625 g/mol. The highest BCUT2D eigenvalue weighted by Gasteiger charge is 2.50. The van der Waals surface area contributed by atoms with Gasteiger partial charge in [0.2, 0.25) is 11.8 Å². The zero-order chi connectivity index (χ0) is 32.6. The standard InChI is InChI=1S/C33H34F3N3O6/c1-21(37-31(43)44-19-24-11-7-4-8-12-24)29(41)39-27(18-23-13-15-25(16-14-23)33(34,35)36)30(42)38-26(28(40)32(2)20-45-32)17-22-9-5-3-6-10-22/h3-16,21,26-27H,17-20H2,1-2H3,(H,37,43)(H,38,42)(H,39,41). The normalized spacial score (nSPS) is 17.7. The van der Waals surface area contributed by atoms with Crippen LogP contribution in [0.3, 0.4) is 0 Å². The molecule has 4 rings (SSSR count). The smallest absolute Gasteiger partial charge is 0.416 e. The maximum atomic E-state index is 13.7. The largest absolute Gasteiger partial charge is 0.445 e. The van der Waals surface area contributed by atoms with Crippen LogP contribution in [0.2, 0.25) is 0 Å². The number of Topliss-reactive ketones (excluding diaryl/α,β-unsaturated/α-hetero) is 1. The molecule has 4 atom stereocenters. The number of nitrogens with one attached hydrogen (secondary N) is 3. The summed E-state index contributed by atoms with van der Waals surface area (Å²) < 4.78 is 49.8. The third-order valence-electron chi connectivity index (χ3n) is 7.31. The maximum absolute atomic E-state index is 13.7. The van der Waals surface area contributed by atoms with Gasteiger partial charge in [-0.25, -0.2) is 4.79 Å². The van der Waals surface area contributed by atoms with Crippen molar-refractivity contribution in [2.75, 3.05) is 6.61 Å². The minimum absolute atomic E-state index is 0.0283. The van der Waals surface area contributed by atoms with Gasteiger partial charge in [-0.2, -0.15) is 13.2 Å². The predicted molar refractivity (Wildman–Crippen MR) is 158 cm³/mol. The van der Waals surface area contributed by atoms with Crippen molar-refractivity contribution in [2.24, 2.45) is 0 Å². The molecule has 1 aliphatic heterocycles. The molecule has 0 radical (unpaired) electrons. The average Bonchev–Trinajstić information content (AvgIpc) is 3.78. The summed E-state index contributed by atoms with van der Waals surface area (Å²) >= 11 is 0. The molecular weight excluding hydrogens is 591 g/mol. The molecule has 9 nitrogen and oxygen atoms in total. The Morgan fingerprint density at radius 3 is 1.84 bits per heavy atom. The molecule has 1 aliphatic rings. The van der Waals surface area contributed by atoms with Crippen molar-refractivity contribution in [2.45, 2.75) is 63.2 Å². The molecule has 3 amide bonds. The first-order valence-corrected chi connectivity index (χ1v) is 14.3. The molecule has 1 fully saturated rings. The molecular formula is C33H34F3N3O6. The summed E-state index contributed by atoms with van der Waals surface area (Å²) in [7, 11) is 0. The van der Waals surface area contributed by atoms with Crippen molar-refractivity contribution >= 4 is 23.7 Å². The number of carbonyl (C=O) groups is 4. The molecule has 0 aromatic heterocycles. The molecule has 238 valence electrons. The van der Waals surface area contributed by atoms with Gasteiger partial charge < -0.3 is 25.4 Å². The molecule has 0 aliphatic carbocycles. The van der Waals surface area contributed by atoms with Crippen molar-refractivity contribution < 1.29 is 41.8 Å². The SMILES string of the molecule is CC(NC(=O)OCc1ccccc1)C(=O)NC(Cc1ccc(C(F)(F)F)cc1)C(=O)NC(Cc1ccccc1)C(=O)C1(C)CO1. The first-order chi connectivity index (χ1) is 21.3. The van der Waals surface area contributed by atoms with Crippen LogP contribution >= 0.6 is 0 Å². The minimum Gasteiger partial charge on any atom is -0.445 e. The van der Waals surface area contributed by atoms with E-state index >= 15 is 0 Å². The number of epoxide rings is 1. The van der Waals surface area contributed by atoms with E-state index in [2.05, 4.69) is 16.0 Å². The lowest BCUT2D eigenvalue weighted by Crippen LogP contribution is -2.57. The molecule has 3 aromatic rings. The predicted octanol–water partition coefficient (Wildman–Crippen LogP) is 4.13. The van der Waals surface area contributed by atoms with Gasteiger partial charge >= 0.3 is 12.3 Å². The van der Waals surface area contributed by atoms with E-state index in [1.807, 2.05) is 12.1 Å². The van der Waals surface area contributed by atoms with Crippen LogP contribution in [0.1, 0.15) is 36.1 Å². The van der Waals surface area contributed by atoms with Gasteiger partial charge in [0.05, 0.1) is 18.2 Å². The fourth-order valence-electron chi connectivity index (χ4n) is 4.53. The maximum Gasteiger partial charge on any atom is 0.416 e.